The highest BCUT2D eigenvalue weighted by atomic mass is 32.2. The first-order chi connectivity index (χ1) is 42.8. The molecule has 0 radical (unpaired) electrons. The van der Waals surface area contributed by atoms with Crippen LogP contribution in [-0.2, 0) is 46.3 Å². The summed E-state index contributed by atoms with van der Waals surface area (Å²) in [5.41, 5.74) is 11.0. The molecule has 0 aliphatic heterocycles. The lowest BCUT2D eigenvalue weighted by atomic mass is 9.87. The molecule has 0 aliphatic carbocycles. The Morgan fingerprint density at radius 1 is 0.363 bits per heavy atom. The van der Waals surface area contributed by atoms with Gasteiger partial charge in [0.1, 0.15) is 17.5 Å². The van der Waals surface area contributed by atoms with Crippen molar-refractivity contribution in [2.45, 2.75) is 121 Å². The smallest absolute Gasteiger partial charge is 0.263 e. The number of hydrogen-bond donors (Lipinski definition) is 3. The summed E-state index contributed by atoms with van der Waals surface area (Å²) in [6, 6.07) is 53.0. The summed E-state index contributed by atoms with van der Waals surface area (Å²) < 4.78 is 91.1. The van der Waals surface area contributed by atoms with Crippen LogP contribution in [0, 0.1) is 27.7 Å². The van der Waals surface area contributed by atoms with Crippen LogP contribution >= 0.6 is 0 Å². The van der Waals surface area contributed by atoms with Gasteiger partial charge in [0.15, 0.2) is 0 Å². The van der Waals surface area contributed by atoms with E-state index in [2.05, 4.69) is 107 Å². The van der Waals surface area contributed by atoms with Gasteiger partial charge in [-0.15, -0.1) is 0 Å². The molecule has 0 fully saturated rings. The number of pyridine rings is 3. The lowest BCUT2D eigenvalue weighted by Crippen LogP contribution is -2.17. The van der Waals surface area contributed by atoms with Crippen LogP contribution in [0.15, 0.2) is 209 Å². The lowest BCUT2D eigenvalue weighted by Gasteiger charge is -2.19. The van der Waals surface area contributed by atoms with Crippen molar-refractivity contribution in [3.05, 3.63) is 234 Å². The maximum absolute atomic E-state index is 13.1. The fourth-order valence-electron chi connectivity index (χ4n) is 10.1. The highest BCUT2D eigenvalue weighted by molar-refractivity contribution is 7.93. The Hall–Kier alpha value is -9.57. The van der Waals surface area contributed by atoms with Crippen LogP contribution in [0.2, 0.25) is 0 Å². The van der Waals surface area contributed by atoms with Crippen molar-refractivity contribution in [2.75, 3.05) is 14.2 Å². The predicted octanol–water partition coefficient (Wildman–Crippen LogP) is 14.8. The van der Waals surface area contributed by atoms with Gasteiger partial charge in [-0.1, -0.05) is 123 Å². The maximum atomic E-state index is 13.1. The van der Waals surface area contributed by atoms with Crippen molar-refractivity contribution in [1.82, 2.24) is 44.3 Å². The van der Waals surface area contributed by atoms with Gasteiger partial charge in [0.2, 0.25) is 0 Å². The highest BCUT2D eigenvalue weighted by Gasteiger charge is 2.25. The molecule has 0 saturated carbocycles. The minimum Gasteiger partial charge on any atom is -0.263 e. The predicted molar refractivity (Wildman–Crippen MR) is 363 cm³/mol. The van der Waals surface area contributed by atoms with E-state index in [4.69, 9.17) is 0 Å². The number of aryl methyl sites for hydroxylation is 4. The summed E-state index contributed by atoms with van der Waals surface area (Å²) in [6.07, 6.45) is 5.28. The zero-order chi connectivity index (χ0) is 65.4. The van der Waals surface area contributed by atoms with E-state index in [1.807, 2.05) is 155 Å². The largest absolute Gasteiger partial charge is 0.263 e. The van der Waals surface area contributed by atoms with Crippen molar-refractivity contribution >= 4 is 80.2 Å². The van der Waals surface area contributed by atoms with Gasteiger partial charge in [-0.05, 0) is 163 Å². The summed E-state index contributed by atoms with van der Waals surface area (Å²) in [7, 11) is -11.3. The van der Waals surface area contributed by atoms with Crippen molar-refractivity contribution in [3.63, 3.8) is 0 Å². The monoisotopic (exact) mass is 1270 g/mol. The molecule has 18 nitrogen and oxygen atoms in total. The molecule has 6 heterocycles. The second kappa shape index (κ2) is 25.0. The first-order valence-corrected chi connectivity index (χ1v) is 33.9. The van der Waals surface area contributed by atoms with E-state index in [1.54, 1.807) is 81.0 Å². The summed E-state index contributed by atoms with van der Waals surface area (Å²) in [6.45, 7) is 26.3. The average Bonchev–Trinajstić information content (AvgIpc) is 1.76. The van der Waals surface area contributed by atoms with Crippen LogP contribution in [0.5, 0.6) is 0 Å². The number of benzene rings is 6. The van der Waals surface area contributed by atoms with Crippen LogP contribution in [0.1, 0.15) is 102 Å². The minimum atomic E-state index is -3.78. The van der Waals surface area contributed by atoms with Crippen LogP contribution in [0.4, 0.5) is 17.5 Å². The fourth-order valence-corrected chi connectivity index (χ4v) is 13.2. The Morgan fingerprint density at radius 3 is 1.23 bits per heavy atom. The van der Waals surface area contributed by atoms with Crippen LogP contribution < -0.4 is 14.2 Å². The number of fused-ring (bicyclic) bond motifs is 3. The molecule has 0 aliphatic rings. The van der Waals surface area contributed by atoms with E-state index in [1.165, 1.54) is 0 Å². The third-order valence-corrected chi connectivity index (χ3v) is 19.1. The van der Waals surface area contributed by atoms with E-state index in [0.29, 0.717) is 34.5 Å². The Balaban J connectivity index is 0.000000150. The van der Waals surface area contributed by atoms with Crippen molar-refractivity contribution in [3.8, 4) is 17.1 Å². The zero-order valence-electron chi connectivity index (χ0n) is 53.2. The molecular weight excluding hydrogens is 1200 g/mol. The Kier molecular flexibility index (Phi) is 17.7. The average molecular weight is 1280 g/mol. The Morgan fingerprint density at radius 2 is 0.769 bits per heavy atom. The number of hydrogen-bond acceptors (Lipinski definition) is 12. The molecule has 3 N–H and O–H groups in total. The maximum Gasteiger partial charge on any atom is 0.263 e. The molecule has 91 heavy (non-hydrogen) atoms. The summed E-state index contributed by atoms with van der Waals surface area (Å²) in [5, 5.41) is 16.4. The molecule has 21 heteroatoms. The van der Waals surface area contributed by atoms with Gasteiger partial charge >= 0.3 is 0 Å². The van der Waals surface area contributed by atoms with Gasteiger partial charge in [0, 0.05) is 52.9 Å². The number of aromatic nitrogens is 9. The molecule has 468 valence electrons. The van der Waals surface area contributed by atoms with Gasteiger partial charge in [-0.2, -0.15) is 15.3 Å². The normalized spacial score (nSPS) is 12.3. The van der Waals surface area contributed by atoms with E-state index in [9.17, 15) is 25.3 Å². The molecule has 12 rings (SSSR count). The second-order valence-corrected chi connectivity index (χ2v) is 30.6. The summed E-state index contributed by atoms with van der Waals surface area (Å²) in [5.74, 6) is 1.14. The summed E-state index contributed by atoms with van der Waals surface area (Å²) >= 11 is 0. The molecule has 0 spiro atoms. The van der Waals surface area contributed by atoms with Crippen molar-refractivity contribution < 1.29 is 25.3 Å². The lowest BCUT2D eigenvalue weighted by molar-refractivity contribution is 0.587. The molecule has 0 atom stereocenters. The highest BCUT2D eigenvalue weighted by Crippen LogP contribution is 2.32. The van der Waals surface area contributed by atoms with Gasteiger partial charge in [0.25, 0.3) is 30.1 Å². The van der Waals surface area contributed by atoms with E-state index < -0.39 is 30.1 Å². The van der Waals surface area contributed by atoms with Crippen LogP contribution in [0.3, 0.4) is 0 Å². The first kappa shape index (κ1) is 64.4. The molecular formula is C70H74N12O6S3. The van der Waals surface area contributed by atoms with Gasteiger partial charge in [0.05, 0.1) is 65.4 Å². The van der Waals surface area contributed by atoms with Gasteiger partial charge in [-0.25, -0.2) is 39.3 Å². The Labute approximate surface area is 532 Å². The van der Waals surface area contributed by atoms with Crippen molar-refractivity contribution in [2.24, 2.45) is 0 Å². The summed E-state index contributed by atoms with van der Waals surface area (Å²) in [4.78, 5) is 13.8. The Bertz CT molecular complexity index is 4790. The van der Waals surface area contributed by atoms with Gasteiger partial charge < -0.3 is 0 Å². The zero-order valence-corrected chi connectivity index (χ0v) is 55.6. The SMILES string of the molecule is Cc1cc(NS(=O)(=O)c2ccc(C(C)(C)C)cc2)n(-c2ccc3cccnc3c2)n1.Cc1cc(NS(=O)(=O)c2ccc(C(C)(C)C)cc2)n(-c2ccc3ncccc3c2)n1.Cc1cnc2cccc(-n3nc(C)cc3NS(=O)(=O)c3ccc(C(C)(C)C)cc3)c2c1. The van der Waals surface area contributed by atoms with E-state index in [0.717, 1.165) is 72.0 Å². The third-order valence-electron chi connectivity index (χ3n) is 15.0. The molecule has 0 unspecified atom stereocenters. The number of sulfonamides is 3. The van der Waals surface area contributed by atoms with Crippen molar-refractivity contribution in [1.29, 1.82) is 0 Å². The number of rotatable bonds is 12. The third kappa shape index (κ3) is 14.9. The standard InChI is InChI=1S/C24H26N4O2S.2C23H24N4O2S/c1-16-13-20-21(25-15-16)7-6-8-22(20)28-23(14-17(2)26-28)27-31(29,30)19-11-9-18(10-12-19)24(3,4)5;1-16-14-22(26-30(28,29)20-10-7-18(8-11-20)23(2,3)4)27(25-16)19-9-12-21-17(15-19)6-5-13-24-21;1-16-14-22(26-30(28,29)20-11-8-18(9-12-20)23(2,3)4)27(25-16)19-10-7-17-6-5-13-24-21(17)15-19/h6-15,27H,1-5H3;2*5-15,26H,1-4H3. The molecule has 12 aromatic rings. The minimum absolute atomic E-state index is 0.0452. The molecule has 6 aromatic heterocycles. The van der Waals surface area contributed by atoms with Crippen LogP contribution in [-0.4, -0.2) is 69.5 Å². The fraction of sp³-hybridized carbons (Fsp3) is 0.229. The topological polar surface area (TPSA) is 231 Å². The molecule has 0 saturated heterocycles. The van der Waals surface area contributed by atoms with Crippen LogP contribution in [0.25, 0.3) is 49.8 Å². The van der Waals surface area contributed by atoms with E-state index in [-0.39, 0.29) is 30.9 Å². The quantitative estimate of drug-likeness (QED) is 0.104. The number of anilines is 3. The number of nitrogens with zero attached hydrogens (tertiary/aromatic N) is 9. The first-order valence-electron chi connectivity index (χ1n) is 29.5. The second-order valence-electron chi connectivity index (χ2n) is 25.5. The molecule has 0 amide bonds. The number of nitrogens with one attached hydrogen (secondary N) is 3. The van der Waals surface area contributed by atoms with E-state index >= 15 is 0 Å². The molecule has 6 aromatic carbocycles. The van der Waals surface area contributed by atoms with Gasteiger partial charge in [-0.3, -0.25) is 29.1 Å². The molecule has 0 bridgehead atoms.